The third-order valence-electron chi connectivity index (χ3n) is 4.88. The van der Waals surface area contributed by atoms with Crippen LogP contribution in [0.25, 0.3) is 0 Å². The predicted octanol–water partition coefficient (Wildman–Crippen LogP) is 0.395. The van der Waals surface area contributed by atoms with Crippen LogP contribution in [0.4, 0.5) is 0 Å². The Morgan fingerprint density at radius 2 is 1.57 bits per heavy atom. The quantitative estimate of drug-likeness (QED) is 0.578. The lowest BCUT2D eigenvalue weighted by Gasteiger charge is -2.60. The first-order valence-corrected chi connectivity index (χ1v) is 7.88. The normalized spacial score (nSPS) is 34.4. The third-order valence-corrected chi connectivity index (χ3v) is 4.88. The van der Waals surface area contributed by atoms with Crippen LogP contribution in [-0.2, 0) is 0 Å². The van der Waals surface area contributed by atoms with Gasteiger partial charge in [-0.2, -0.15) is 0 Å². The highest BCUT2D eigenvalue weighted by atomic mass is 16.5. The molecule has 124 valence electrons. The fraction of sp³-hybridized carbons (Fsp3) is 0.562. The molecule has 5 rings (SSSR count). The molecule has 4 fully saturated rings. The molecule has 23 heavy (non-hydrogen) atoms. The summed E-state index contributed by atoms with van der Waals surface area (Å²) in [6, 6.07) is 5.41. The van der Waals surface area contributed by atoms with Crippen molar-refractivity contribution in [1.82, 2.24) is 14.7 Å². The maximum Gasteiger partial charge on any atom is 0.217 e. The Balaban J connectivity index is 1.54. The summed E-state index contributed by atoms with van der Waals surface area (Å²) in [5.74, 6) is 1.42. The van der Waals surface area contributed by atoms with Crippen LogP contribution in [0, 0.1) is 0 Å². The van der Waals surface area contributed by atoms with Crippen LogP contribution >= 0.6 is 0 Å². The van der Waals surface area contributed by atoms with E-state index >= 15 is 0 Å². The van der Waals surface area contributed by atoms with Gasteiger partial charge in [0.25, 0.3) is 0 Å². The second kappa shape index (κ2) is 5.45. The van der Waals surface area contributed by atoms with E-state index in [9.17, 15) is 4.79 Å². The van der Waals surface area contributed by atoms with Crippen molar-refractivity contribution in [2.24, 2.45) is 0 Å². The number of carbonyl (C=O) groups excluding carboxylic acids is 1. The summed E-state index contributed by atoms with van der Waals surface area (Å²) < 4.78 is 11.4. The molecule has 4 bridgehead atoms. The van der Waals surface area contributed by atoms with Gasteiger partial charge in [-0.15, -0.1) is 0 Å². The lowest BCUT2D eigenvalue weighted by atomic mass is 10.1. The average molecular weight is 319 g/mol. The highest BCUT2D eigenvalue weighted by Gasteiger charge is 2.49. The minimum absolute atomic E-state index is 0.163. The number of Topliss-reactive ketones (excluding diaryl/α,β-unsaturated/α-hetero) is 1. The molecule has 1 aromatic carbocycles. The van der Waals surface area contributed by atoms with Crippen LogP contribution in [0.5, 0.6) is 11.5 Å². The van der Waals surface area contributed by atoms with Crippen molar-refractivity contribution in [2.75, 3.05) is 60.8 Å². The largest absolute Gasteiger partial charge is 0.493 e. The van der Waals surface area contributed by atoms with Crippen molar-refractivity contribution in [1.29, 1.82) is 0 Å². The van der Waals surface area contributed by atoms with Gasteiger partial charge in [-0.05, 0) is 18.2 Å². The van der Waals surface area contributed by atoms with Gasteiger partial charge < -0.3 is 9.47 Å². The predicted molar refractivity (Wildman–Crippen MR) is 83.7 cm³/mol. The second-order valence-corrected chi connectivity index (χ2v) is 6.85. The van der Waals surface area contributed by atoms with Crippen molar-refractivity contribution >= 4 is 5.78 Å². The first-order chi connectivity index (χ1) is 11.1. The Morgan fingerprint density at radius 3 is 2.09 bits per heavy atom. The summed E-state index contributed by atoms with van der Waals surface area (Å²) in [7, 11) is 3.19. The van der Waals surface area contributed by atoms with Crippen molar-refractivity contribution in [3.05, 3.63) is 23.8 Å². The number of nitrogens with zero attached hydrogens (tertiary/aromatic N) is 4. The molecule has 7 nitrogen and oxygen atoms in total. The fourth-order valence-corrected chi connectivity index (χ4v) is 4.21. The maximum atomic E-state index is 12.8. The molecule has 0 N–H and O–H groups in total. The van der Waals surface area contributed by atoms with Gasteiger partial charge in [-0.25, -0.2) is 14.7 Å². The van der Waals surface area contributed by atoms with Gasteiger partial charge in [0.15, 0.2) is 11.5 Å². The molecular weight excluding hydrogens is 296 g/mol. The minimum Gasteiger partial charge on any atom is -0.493 e. The lowest BCUT2D eigenvalue weighted by Crippen LogP contribution is -2.79. The highest BCUT2D eigenvalue weighted by Crippen LogP contribution is 2.31. The van der Waals surface area contributed by atoms with Gasteiger partial charge in [0, 0.05) is 5.56 Å². The topological polar surface area (TPSA) is 45.2 Å². The summed E-state index contributed by atoms with van der Waals surface area (Å²) in [5, 5.41) is 0. The Hall–Kier alpha value is -1.67. The van der Waals surface area contributed by atoms with Crippen LogP contribution in [-0.4, -0.2) is 85.7 Å². The van der Waals surface area contributed by atoms with Crippen LogP contribution in [0.15, 0.2) is 18.2 Å². The SMILES string of the molecule is COc1ccc(C(=O)C[N+]23CN4CN(CN(C4)C2)C3)cc1OC. The summed E-state index contributed by atoms with van der Waals surface area (Å²) in [6.07, 6.45) is 0. The van der Waals surface area contributed by atoms with E-state index in [4.69, 9.17) is 9.47 Å². The van der Waals surface area contributed by atoms with Gasteiger partial charge in [-0.3, -0.25) is 9.28 Å². The Bertz CT molecular complexity index is 598. The molecule has 0 amide bonds. The molecular formula is C16H23N4O3+. The van der Waals surface area contributed by atoms with E-state index in [1.165, 1.54) is 0 Å². The molecule has 0 aliphatic carbocycles. The lowest BCUT2D eigenvalue weighted by molar-refractivity contribution is -0.973. The number of ether oxygens (including phenoxy) is 2. The summed E-state index contributed by atoms with van der Waals surface area (Å²) in [5.41, 5.74) is 0.691. The number of methoxy groups -OCH3 is 2. The number of hydrogen-bond acceptors (Lipinski definition) is 6. The van der Waals surface area contributed by atoms with Gasteiger partial charge >= 0.3 is 0 Å². The van der Waals surface area contributed by atoms with E-state index in [1.54, 1.807) is 26.4 Å². The molecule has 0 spiro atoms. The second-order valence-electron chi connectivity index (χ2n) is 6.85. The van der Waals surface area contributed by atoms with E-state index in [2.05, 4.69) is 14.7 Å². The molecule has 0 atom stereocenters. The van der Waals surface area contributed by atoms with Gasteiger partial charge in [0.1, 0.15) is 26.6 Å². The van der Waals surface area contributed by atoms with Crippen molar-refractivity contribution < 1.29 is 18.8 Å². The molecule has 4 aliphatic rings. The van der Waals surface area contributed by atoms with Crippen LogP contribution in [0.1, 0.15) is 10.4 Å². The number of ketones is 1. The summed E-state index contributed by atoms with van der Waals surface area (Å²) in [4.78, 5) is 20.1. The fourth-order valence-electron chi connectivity index (χ4n) is 4.21. The number of carbonyl (C=O) groups is 1. The molecule has 0 aromatic heterocycles. The molecule has 4 saturated heterocycles. The third kappa shape index (κ3) is 2.59. The van der Waals surface area contributed by atoms with E-state index in [0.29, 0.717) is 23.6 Å². The zero-order valence-electron chi connectivity index (χ0n) is 13.7. The molecule has 0 saturated carbocycles. The minimum atomic E-state index is 0.163. The van der Waals surface area contributed by atoms with E-state index in [0.717, 1.165) is 44.5 Å². The van der Waals surface area contributed by atoms with Gasteiger partial charge in [0.05, 0.1) is 34.2 Å². The highest BCUT2D eigenvalue weighted by molar-refractivity contribution is 5.97. The van der Waals surface area contributed by atoms with Gasteiger partial charge in [0.2, 0.25) is 5.78 Å². The monoisotopic (exact) mass is 319 g/mol. The zero-order chi connectivity index (χ0) is 16.0. The number of quaternary nitrogens is 1. The maximum absolute atomic E-state index is 12.8. The smallest absolute Gasteiger partial charge is 0.217 e. The van der Waals surface area contributed by atoms with Crippen LogP contribution in [0.3, 0.4) is 0 Å². The molecule has 0 radical (unpaired) electrons. The Morgan fingerprint density at radius 1 is 1.00 bits per heavy atom. The van der Waals surface area contributed by atoms with Crippen molar-refractivity contribution in [2.45, 2.75) is 0 Å². The Labute approximate surface area is 136 Å². The average Bonchev–Trinajstić information content (AvgIpc) is 2.52. The standard InChI is InChI=1S/C16H23N4O3/c1-22-15-4-3-13(5-16(15)23-2)14(21)6-20-10-17-7-18(11-20)9-19(8-17)12-20/h3-5H,6-12H2,1-2H3/q+1. The first-order valence-electron chi connectivity index (χ1n) is 7.88. The Kier molecular flexibility index (Phi) is 3.53. The van der Waals surface area contributed by atoms with Crippen LogP contribution < -0.4 is 9.47 Å². The van der Waals surface area contributed by atoms with E-state index in [1.807, 2.05) is 6.07 Å². The summed E-state index contributed by atoms with van der Waals surface area (Å²) in [6.45, 7) is 6.51. The van der Waals surface area contributed by atoms with Crippen molar-refractivity contribution in [3.63, 3.8) is 0 Å². The number of benzene rings is 1. The molecule has 4 heterocycles. The van der Waals surface area contributed by atoms with Gasteiger partial charge in [-0.1, -0.05) is 0 Å². The summed E-state index contributed by atoms with van der Waals surface area (Å²) >= 11 is 0. The van der Waals surface area contributed by atoms with E-state index in [-0.39, 0.29) is 5.78 Å². The molecule has 0 unspecified atom stereocenters. The van der Waals surface area contributed by atoms with Crippen molar-refractivity contribution in [3.8, 4) is 11.5 Å². The first kappa shape index (κ1) is 14.9. The van der Waals surface area contributed by atoms with E-state index < -0.39 is 0 Å². The molecule has 1 aromatic rings. The molecule has 7 heteroatoms. The number of rotatable bonds is 5. The zero-order valence-corrected chi connectivity index (χ0v) is 13.7. The van der Waals surface area contributed by atoms with Crippen LogP contribution in [0.2, 0.25) is 0 Å². The molecule has 4 aliphatic heterocycles. The number of hydrogen-bond donors (Lipinski definition) is 0.